The van der Waals surface area contributed by atoms with Gasteiger partial charge in [-0.15, -0.1) is 4.65 Å². The van der Waals surface area contributed by atoms with Crippen LogP contribution in [0.15, 0.2) is 9.98 Å². The van der Waals surface area contributed by atoms with Crippen molar-refractivity contribution >= 4 is 18.1 Å². The number of hydrogen-bond donors (Lipinski definition) is 3. The number of carbonyl (C=O) groups is 1. The third-order valence-electron chi connectivity index (χ3n) is 5.40. The molecule has 0 aromatic heterocycles. The van der Waals surface area contributed by atoms with Crippen LogP contribution in [0.4, 0.5) is 0 Å². The largest absolute Gasteiger partial charge is 1.00 e. The molecule has 0 spiro atoms. The van der Waals surface area contributed by atoms with Crippen LogP contribution in [-0.4, -0.2) is 81.8 Å². The van der Waals surface area contributed by atoms with Crippen LogP contribution in [0.3, 0.4) is 0 Å². The Kier molecular flexibility index (Phi) is 28.8. The standard InChI is InChI=1S/C18H34N2O3.C3H6N2.Na.3H2O/c1-3-5-6-7-8-9-10-11-12-13-17-19-16(14-18(21)22)15-20(17,23)4-2;1-2-5-3-4-1;;;;/h16,23H,3-15H2,1-2H3;3H,1-2H2,(H,4,5);;3*1H2/q;;+1;;;/p-1. The van der Waals surface area contributed by atoms with Gasteiger partial charge in [-0.3, -0.25) is 4.79 Å². The number of carboxylic acid groups (broad SMARTS) is 1. The predicted molar refractivity (Wildman–Crippen MR) is 119 cm³/mol. The Morgan fingerprint density at radius 2 is 1.62 bits per heavy atom. The molecule has 0 aromatic carbocycles. The molecule has 186 valence electrons. The first-order valence-corrected chi connectivity index (χ1v) is 11.2. The Hall–Kier alpha value is -0.430. The van der Waals surface area contributed by atoms with Crippen LogP contribution < -0.4 is 34.9 Å². The molecule has 0 bridgehead atoms. The third kappa shape index (κ3) is 17.1. The van der Waals surface area contributed by atoms with Crippen LogP contribution in [0, 0.1) is 0 Å². The summed E-state index contributed by atoms with van der Waals surface area (Å²) in [6.07, 6.45) is 14.1. The number of aliphatic carboxylic acids is 1. The fraction of sp³-hybridized carbons (Fsp3) is 0.857. The van der Waals surface area contributed by atoms with Gasteiger partial charge in [0, 0.05) is 6.42 Å². The van der Waals surface area contributed by atoms with Crippen LogP contribution in [0.1, 0.15) is 84.5 Å². The zero-order valence-corrected chi connectivity index (χ0v) is 22.3. The van der Waals surface area contributed by atoms with Crippen LogP contribution in [0.25, 0.3) is 0 Å². The molecule has 0 aromatic rings. The quantitative estimate of drug-likeness (QED) is 0.183. The van der Waals surface area contributed by atoms with E-state index in [4.69, 9.17) is 5.11 Å². The average molecular weight is 473 g/mol. The van der Waals surface area contributed by atoms with E-state index in [2.05, 4.69) is 22.2 Å². The van der Waals surface area contributed by atoms with E-state index in [-0.39, 0.29) is 63.1 Å². The average Bonchev–Trinajstić information content (AvgIpc) is 3.33. The summed E-state index contributed by atoms with van der Waals surface area (Å²) in [6.45, 7) is 7.31. The molecule has 0 aliphatic carbocycles. The number of unbranched alkanes of at least 4 members (excludes halogenated alkanes) is 8. The molecule has 0 saturated carbocycles. The van der Waals surface area contributed by atoms with Gasteiger partial charge in [0.25, 0.3) is 0 Å². The number of rotatable bonds is 13. The normalized spacial score (nSPS) is 20.5. The van der Waals surface area contributed by atoms with Gasteiger partial charge in [-0.1, -0.05) is 58.3 Å². The van der Waals surface area contributed by atoms with E-state index in [0.717, 1.165) is 31.8 Å². The van der Waals surface area contributed by atoms with Gasteiger partial charge in [-0.2, -0.15) is 0 Å². The number of carboxylic acids is 1. The zero-order chi connectivity index (χ0) is 20.7. The topological polar surface area (TPSA) is 189 Å². The maximum atomic E-state index is 10.8. The van der Waals surface area contributed by atoms with Crippen molar-refractivity contribution in [2.45, 2.75) is 90.5 Å². The van der Waals surface area contributed by atoms with Crippen LogP contribution >= 0.6 is 0 Å². The fourth-order valence-electron chi connectivity index (χ4n) is 3.68. The van der Waals surface area contributed by atoms with E-state index >= 15 is 0 Å². The van der Waals surface area contributed by atoms with E-state index < -0.39 is 5.97 Å². The molecule has 2 rings (SSSR count). The molecule has 2 heterocycles. The molecule has 0 saturated heterocycles. The summed E-state index contributed by atoms with van der Waals surface area (Å²) in [6, 6.07) is -0.272. The molecule has 2 atom stereocenters. The van der Waals surface area contributed by atoms with Gasteiger partial charge in [0.1, 0.15) is 25.7 Å². The van der Waals surface area contributed by atoms with Crippen molar-refractivity contribution in [1.82, 2.24) is 0 Å². The van der Waals surface area contributed by atoms with Crippen molar-refractivity contribution in [1.29, 1.82) is 0 Å². The summed E-state index contributed by atoms with van der Waals surface area (Å²) in [4.78, 5) is 19.2. The Labute approximate surface area is 215 Å². The Morgan fingerprint density at radius 3 is 2.03 bits per heavy atom. The van der Waals surface area contributed by atoms with Crippen LogP contribution in [0.2, 0.25) is 0 Å². The van der Waals surface area contributed by atoms with E-state index in [1.807, 2.05) is 13.3 Å². The van der Waals surface area contributed by atoms with Gasteiger partial charge in [0.05, 0.1) is 13.0 Å². The van der Waals surface area contributed by atoms with Crippen molar-refractivity contribution in [2.24, 2.45) is 9.98 Å². The monoisotopic (exact) mass is 472 g/mol. The number of amidine groups is 1. The number of hydroxylamine groups is 3. The van der Waals surface area contributed by atoms with E-state index in [1.165, 1.54) is 51.4 Å². The number of nitrogens with two attached hydrogens (primary N) is 1. The van der Waals surface area contributed by atoms with Crippen molar-refractivity contribution in [3.63, 3.8) is 0 Å². The zero-order valence-electron chi connectivity index (χ0n) is 20.3. The number of likely N-dealkylation sites (N-methyl/N-ethyl adjacent to an activating group) is 1. The minimum Gasteiger partial charge on any atom is -0.870 e. The maximum Gasteiger partial charge on any atom is 1.00 e. The predicted octanol–water partition coefficient (Wildman–Crippen LogP) is -0.546. The van der Waals surface area contributed by atoms with Gasteiger partial charge in [0.15, 0.2) is 6.34 Å². The first-order chi connectivity index (χ1) is 13.5. The molecule has 0 radical (unpaired) electrons. The summed E-state index contributed by atoms with van der Waals surface area (Å²) in [5.74, 6) is -0.0626. The molecule has 2 aliphatic heterocycles. The number of hydrogen-bond acceptors (Lipinski definition) is 7. The first-order valence-electron chi connectivity index (χ1n) is 11.2. The minimum atomic E-state index is -0.842. The molecule has 10 nitrogen and oxygen atoms in total. The number of nitrogens with zero attached hydrogens (tertiary/aromatic N) is 3. The number of aliphatic imine (C=N–C) groups is 2. The molecule has 7 N–H and O–H groups in total. The van der Waals surface area contributed by atoms with Crippen molar-refractivity contribution in [2.75, 3.05) is 26.2 Å². The Bertz CT molecular complexity index is 505. The van der Waals surface area contributed by atoms with Crippen molar-refractivity contribution < 1.29 is 71.1 Å². The third-order valence-corrected chi connectivity index (χ3v) is 5.40. The Balaban J connectivity index is -0.000000384. The molecule has 32 heavy (non-hydrogen) atoms. The second kappa shape index (κ2) is 23.7. The molecule has 2 aliphatic rings. The van der Waals surface area contributed by atoms with Crippen molar-refractivity contribution in [3.8, 4) is 0 Å². The second-order valence-electron chi connectivity index (χ2n) is 7.88. The second-order valence-corrected chi connectivity index (χ2v) is 7.88. The smallest absolute Gasteiger partial charge is 0.870 e. The SMILES string of the molecule is C1=NCC[NH2+]1.CCCCCCCCCCCC1=NC(CC(=O)O)C[N+]1(O)CC.[Na+].[OH-].[OH-].[OH-]. The Morgan fingerprint density at radius 1 is 1.06 bits per heavy atom. The summed E-state index contributed by atoms with van der Waals surface area (Å²) < 4.78 is -0.158. The maximum absolute atomic E-state index is 10.8. The van der Waals surface area contributed by atoms with Gasteiger partial charge in [-0.05, 0) is 13.3 Å². The summed E-state index contributed by atoms with van der Waals surface area (Å²) >= 11 is 0. The van der Waals surface area contributed by atoms with Crippen LogP contribution in [-0.2, 0) is 4.79 Å². The first kappa shape index (κ1) is 38.8. The van der Waals surface area contributed by atoms with Gasteiger partial charge in [0.2, 0.25) is 5.84 Å². The van der Waals surface area contributed by atoms with Crippen LogP contribution in [0.5, 0.6) is 0 Å². The minimum absolute atomic E-state index is 0. The van der Waals surface area contributed by atoms with Crippen molar-refractivity contribution in [3.05, 3.63) is 0 Å². The van der Waals surface area contributed by atoms with E-state index in [1.54, 1.807) is 0 Å². The summed E-state index contributed by atoms with van der Waals surface area (Å²) in [5.41, 5.74) is 0. The molecular weight excluding hydrogens is 427 g/mol. The number of quaternary nitrogens is 2. The van der Waals surface area contributed by atoms with Gasteiger partial charge >= 0.3 is 35.5 Å². The molecule has 2 unspecified atom stereocenters. The molecule has 11 heteroatoms. The van der Waals surface area contributed by atoms with E-state index in [9.17, 15) is 10.0 Å². The molecular formula is C21H45N4NaO6. The van der Waals surface area contributed by atoms with Gasteiger partial charge < -0.3 is 26.9 Å². The summed E-state index contributed by atoms with van der Waals surface area (Å²) in [5, 5.41) is 21.5. The molecule has 0 amide bonds. The van der Waals surface area contributed by atoms with Gasteiger partial charge in [-0.25, -0.2) is 15.2 Å². The van der Waals surface area contributed by atoms with E-state index in [0.29, 0.717) is 13.1 Å². The molecule has 0 fully saturated rings. The summed E-state index contributed by atoms with van der Waals surface area (Å²) in [7, 11) is 0. The fourth-order valence-corrected chi connectivity index (χ4v) is 3.68.